The van der Waals surface area contributed by atoms with E-state index in [0.29, 0.717) is 17.2 Å². The molecule has 0 saturated carbocycles. The van der Waals surface area contributed by atoms with Crippen LogP contribution in [-0.4, -0.2) is 63.1 Å². The summed E-state index contributed by atoms with van der Waals surface area (Å²) in [6, 6.07) is 29.9. The fourth-order valence-corrected chi connectivity index (χ4v) is 7.74. The fraction of sp³-hybridized carbons (Fsp3) is 0.296. The summed E-state index contributed by atoms with van der Waals surface area (Å²) in [6.07, 6.45) is 3.56. The van der Waals surface area contributed by atoms with E-state index >= 15 is 0 Å². The number of methoxy groups -OCH3 is 2. The number of aromatic hydroxyl groups is 1. The van der Waals surface area contributed by atoms with Gasteiger partial charge >= 0.3 is 17.9 Å². The van der Waals surface area contributed by atoms with Gasteiger partial charge in [-0.1, -0.05) is 120 Å². The van der Waals surface area contributed by atoms with Crippen molar-refractivity contribution in [1.82, 2.24) is 25.3 Å². The van der Waals surface area contributed by atoms with Crippen LogP contribution in [0.3, 0.4) is 0 Å². The lowest BCUT2D eigenvalue weighted by Crippen LogP contribution is -2.41. The topological polar surface area (TPSA) is 238 Å². The number of ether oxygens (including phenoxy) is 3. The molecule has 0 aliphatic heterocycles. The molecule has 16 nitrogen and oxygen atoms in total. The molecule has 0 aliphatic rings. The van der Waals surface area contributed by atoms with Gasteiger partial charge in [0.2, 0.25) is 17.7 Å². The van der Waals surface area contributed by atoms with Crippen molar-refractivity contribution in [3.8, 4) is 28.4 Å². The summed E-state index contributed by atoms with van der Waals surface area (Å²) in [6.45, 7) is 11.8. The van der Waals surface area contributed by atoms with Gasteiger partial charge in [0.05, 0.1) is 32.6 Å². The van der Waals surface area contributed by atoms with Gasteiger partial charge in [0.25, 0.3) is 0 Å². The Bertz CT molecular complexity index is 3100. The number of benzene rings is 4. The highest BCUT2D eigenvalue weighted by molar-refractivity contribution is 6.02. The SMILES string of the molecule is COC(=O)c1nc([C@@H](N)C(C)(C)C)oc1-c1c[nH]c2ccccc12.COC(=O)c1nc([C@@H](NC(=O)[C@@H](CC(=O)OCc2ccccc2)Cc2ccc(O)cc2)C(C)(C)C)oc1-c1c[nH]c2ccccc12. The molecule has 8 aromatic rings. The second kappa shape index (κ2) is 21.1. The van der Waals surface area contributed by atoms with E-state index in [-0.39, 0.29) is 53.7 Å². The Kier molecular flexibility index (Phi) is 15.1. The van der Waals surface area contributed by atoms with Crippen LogP contribution in [-0.2, 0) is 36.8 Å². The Hall–Kier alpha value is -7.98. The molecule has 0 fully saturated rings. The lowest BCUT2D eigenvalue weighted by Gasteiger charge is -2.30. The van der Waals surface area contributed by atoms with Crippen molar-refractivity contribution < 1.29 is 47.3 Å². The molecule has 3 atom stereocenters. The van der Waals surface area contributed by atoms with Crippen LogP contribution in [0.5, 0.6) is 5.75 Å². The Balaban J connectivity index is 0.000000252. The van der Waals surface area contributed by atoms with Crippen LogP contribution in [0.1, 0.15) is 104 Å². The number of carbonyl (C=O) groups excluding carboxylic acids is 4. The molecule has 1 amide bonds. The third-order valence-electron chi connectivity index (χ3n) is 11.8. The van der Waals surface area contributed by atoms with Crippen LogP contribution >= 0.6 is 0 Å². The van der Waals surface area contributed by atoms with Crippen molar-refractivity contribution in [2.45, 2.75) is 73.1 Å². The van der Waals surface area contributed by atoms with Crippen molar-refractivity contribution in [1.29, 1.82) is 0 Å². The van der Waals surface area contributed by atoms with E-state index in [0.717, 1.165) is 38.5 Å². The molecule has 4 aromatic carbocycles. The summed E-state index contributed by atoms with van der Waals surface area (Å²) < 4.78 is 27.6. The number of amides is 1. The minimum absolute atomic E-state index is 0.0177. The molecule has 4 aromatic heterocycles. The maximum absolute atomic E-state index is 14.0. The number of para-hydroxylation sites is 2. The average molecular weight is 951 g/mol. The monoisotopic (exact) mass is 950 g/mol. The lowest BCUT2D eigenvalue weighted by molar-refractivity contribution is -0.148. The van der Waals surface area contributed by atoms with Crippen molar-refractivity contribution in [3.63, 3.8) is 0 Å². The second-order valence-electron chi connectivity index (χ2n) is 19.0. The van der Waals surface area contributed by atoms with E-state index in [1.165, 1.54) is 26.4 Å². The summed E-state index contributed by atoms with van der Waals surface area (Å²) in [5, 5.41) is 14.6. The van der Waals surface area contributed by atoms with Crippen LogP contribution in [0, 0.1) is 16.7 Å². The predicted octanol–water partition coefficient (Wildman–Crippen LogP) is 10.2. The number of hydrogen-bond donors (Lipinski definition) is 5. The highest BCUT2D eigenvalue weighted by Gasteiger charge is 2.37. The molecule has 0 unspecified atom stereocenters. The normalized spacial score (nSPS) is 12.9. The number of oxazole rings is 2. The van der Waals surface area contributed by atoms with E-state index in [4.69, 9.17) is 28.8 Å². The van der Waals surface area contributed by atoms with Gasteiger partial charge in [-0.15, -0.1) is 0 Å². The number of nitrogens with two attached hydrogens (primary N) is 1. The summed E-state index contributed by atoms with van der Waals surface area (Å²) in [4.78, 5) is 67.3. The quantitative estimate of drug-likeness (QED) is 0.0504. The molecule has 8 rings (SSSR count). The zero-order valence-electron chi connectivity index (χ0n) is 40.4. The highest BCUT2D eigenvalue weighted by Crippen LogP contribution is 2.40. The van der Waals surface area contributed by atoms with Gasteiger partial charge in [-0.05, 0) is 52.6 Å². The Morgan fingerprint density at radius 1 is 0.671 bits per heavy atom. The molecule has 0 spiro atoms. The molecule has 364 valence electrons. The number of carbonyl (C=O) groups is 4. The minimum Gasteiger partial charge on any atom is -0.508 e. The van der Waals surface area contributed by atoms with Crippen molar-refractivity contribution in [2.24, 2.45) is 22.5 Å². The number of H-pyrrole nitrogens is 2. The number of aromatic amines is 2. The number of esters is 3. The summed E-state index contributed by atoms with van der Waals surface area (Å²) >= 11 is 0. The highest BCUT2D eigenvalue weighted by atomic mass is 16.5. The van der Waals surface area contributed by atoms with Gasteiger partial charge in [0, 0.05) is 45.3 Å². The van der Waals surface area contributed by atoms with E-state index in [9.17, 15) is 24.3 Å². The number of phenolic OH excluding ortho intramolecular Hbond substituents is 1. The first-order chi connectivity index (χ1) is 33.4. The summed E-state index contributed by atoms with van der Waals surface area (Å²) in [7, 11) is 2.59. The fourth-order valence-electron chi connectivity index (χ4n) is 7.74. The smallest absolute Gasteiger partial charge is 0.360 e. The number of nitrogens with one attached hydrogen (secondary N) is 3. The minimum atomic E-state index is -0.819. The first-order valence-electron chi connectivity index (χ1n) is 22.7. The van der Waals surface area contributed by atoms with Crippen LogP contribution in [0.2, 0.25) is 0 Å². The van der Waals surface area contributed by atoms with Gasteiger partial charge in [0.15, 0.2) is 22.9 Å². The standard InChI is InChI=1S/C36H37N3O7.C18H21N3O3/c1-36(2,3)32(34-38-30(35(43)44-4)31(46-34)27-20-37-28-13-9-8-12-26(27)28)39-33(42)24(18-22-14-16-25(40)17-15-22)19-29(41)45-21-23-10-6-5-7-11-23;1-18(2,3)15(19)16-21-13(17(22)23-4)14(24-16)11-9-20-12-8-6-5-7-10(11)12/h5-17,20,24,32,37,40H,18-19,21H2,1-4H3,(H,39,42);5-9,15,20H,19H2,1-4H3/t24-,32-;15-/m11/s1. The maximum Gasteiger partial charge on any atom is 0.360 e. The number of aromatic nitrogens is 4. The van der Waals surface area contributed by atoms with Crippen LogP contribution < -0.4 is 11.1 Å². The number of phenols is 1. The number of fused-ring (bicyclic) bond motifs is 2. The van der Waals surface area contributed by atoms with Crippen LogP contribution in [0.25, 0.3) is 44.5 Å². The molecule has 0 aliphatic carbocycles. The summed E-state index contributed by atoms with van der Waals surface area (Å²) in [5.74, 6) is -1.87. The molecular weight excluding hydrogens is 893 g/mol. The van der Waals surface area contributed by atoms with Gasteiger partial charge in [0.1, 0.15) is 18.4 Å². The third-order valence-corrected chi connectivity index (χ3v) is 11.8. The van der Waals surface area contributed by atoms with Gasteiger partial charge in [-0.2, -0.15) is 0 Å². The number of rotatable bonds is 14. The Morgan fingerprint density at radius 3 is 1.69 bits per heavy atom. The first kappa shape index (κ1) is 49.9. The zero-order chi connectivity index (χ0) is 50.3. The van der Waals surface area contributed by atoms with Gasteiger partial charge in [-0.3, -0.25) is 9.59 Å². The van der Waals surface area contributed by atoms with Crippen LogP contribution in [0.15, 0.2) is 124 Å². The van der Waals surface area contributed by atoms with Crippen LogP contribution in [0.4, 0.5) is 0 Å². The van der Waals surface area contributed by atoms with Crippen molar-refractivity contribution in [2.75, 3.05) is 14.2 Å². The second-order valence-corrected chi connectivity index (χ2v) is 19.0. The molecule has 0 bridgehead atoms. The molecule has 70 heavy (non-hydrogen) atoms. The van der Waals surface area contributed by atoms with Gasteiger partial charge < -0.3 is 49.2 Å². The largest absolute Gasteiger partial charge is 0.508 e. The Labute approximate surface area is 405 Å². The van der Waals surface area contributed by atoms with E-state index < -0.39 is 47.2 Å². The molecule has 16 heteroatoms. The van der Waals surface area contributed by atoms with Crippen molar-refractivity contribution in [3.05, 3.63) is 150 Å². The Morgan fingerprint density at radius 2 is 1.17 bits per heavy atom. The van der Waals surface area contributed by atoms with E-state index in [1.54, 1.807) is 24.5 Å². The molecule has 0 saturated heterocycles. The average Bonchev–Trinajstić information content (AvgIpc) is 4.17. The predicted molar refractivity (Wildman–Crippen MR) is 263 cm³/mol. The van der Waals surface area contributed by atoms with Gasteiger partial charge in [-0.25, -0.2) is 19.6 Å². The zero-order valence-corrected chi connectivity index (χ0v) is 40.4. The van der Waals surface area contributed by atoms with E-state index in [2.05, 4.69) is 25.3 Å². The van der Waals surface area contributed by atoms with Crippen molar-refractivity contribution >= 4 is 45.6 Å². The molecule has 4 heterocycles. The molecule has 6 N–H and O–H groups in total. The first-order valence-corrected chi connectivity index (χ1v) is 22.7. The molecule has 0 radical (unpaired) electrons. The van der Waals surface area contributed by atoms with E-state index in [1.807, 2.05) is 120 Å². The number of nitrogens with zero attached hydrogens (tertiary/aromatic N) is 2. The molecular formula is C54H58N6O10. The number of hydrogen-bond acceptors (Lipinski definition) is 13. The summed E-state index contributed by atoms with van der Waals surface area (Å²) in [5.41, 5.74) is 10.3. The maximum atomic E-state index is 14.0. The third kappa shape index (κ3) is 11.5. The lowest BCUT2D eigenvalue weighted by atomic mass is 9.85.